The van der Waals surface area contributed by atoms with Crippen LogP contribution in [0.4, 0.5) is 5.95 Å². The van der Waals surface area contributed by atoms with Crippen LogP contribution in [0.2, 0.25) is 0 Å². The third-order valence-corrected chi connectivity index (χ3v) is 3.99. The Morgan fingerprint density at radius 2 is 2.30 bits per heavy atom. The Labute approximate surface area is 152 Å². The molecule has 1 aliphatic rings. The molecule has 0 spiro atoms. The highest BCUT2D eigenvalue weighted by Crippen LogP contribution is 2.22. The minimum Gasteiger partial charge on any atom is -0.493 e. The molecule has 3 aromatic heterocycles. The molecule has 0 aromatic carbocycles. The summed E-state index contributed by atoms with van der Waals surface area (Å²) in [5.74, 6) is 0.176. The number of nitrogens with one attached hydrogen (secondary N) is 3. The van der Waals surface area contributed by atoms with Crippen LogP contribution in [0.1, 0.15) is 25.5 Å². The molecule has 3 aromatic rings. The minimum atomic E-state index is -0.493. The van der Waals surface area contributed by atoms with E-state index >= 15 is 0 Å². The van der Waals surface area contributed by atoms with Crippen LogP contribution in [0.25, 0.3) is 11.7 Å². The van der Waals surface area contributed by atoms with Crippen molar-refractivity contribution in [3.05, 3.63) is 33.2 Å². The van der Waals surface area contributed by atoms with Crippen LogP contribution in [-0.2, 0) is 4.74 Å². The van der Waals surface area contributed by atoms with E-state index in [1.54, 1.807) is 16.8 Å². The number of ether oxygens (including phenoxy) is 1. The molecule has 1 fully saturated rings. The number of aromatic nitrogens is 6. The summed E-state index contributed by atoms with van der Waals surface area (Å²) in [6.07, 6.45) is 5.26. The molecule has 0 amide bonds. The molecule has 4 rings (SSSR count). The maximum absolute atomic E-state index is 11.3. The average molecular weight is 372 g/mol. The number of rotatable bonds is 7. The van der Waals surface area contributed by atoms with Crippen LogP contribution < -0.4 is 21.8 Å². The number of anilines is 1. The van der Waals surface area contributed by atoms with Crippen molar-refractivity contribution in [1.29, 1.82) is 0 Å². The first-order chi connectivity index (χ1) is 13.1. The Morgan fingerprint density at radius 1 is 1.44 bits per heavy atom. The van der Waals surface area contributed by atoms with Gasteiger partial charge in [0.25, 0.3) is 5.62 Å². The van der Waals surface area contributed by atoms with Gasteiger partial charge < -0.3 is 20.1 Å². The summed E-state index contributed by atoms with van der Waals surface area (Å²) in [4.78, 5) is 29.7. The second-order valence-corrected chi connectivity index (χ2v) is 6.15. The molecule has 142 valence electrons. The lowest BCUT2D eigenvalue weighted by Crippen LogP contribution is -2.25. The van der Waals surface area contributed by atoms with Crippen molar-refractivity contribution >= 4 is 17.7 Å². The van der Waals surface area contributed by atoms with Gasteiger partial charge in [0.15, 0.2) is 5.65 Å². The van der Waals surface area contributed by atoms with Gasteiger partial charge in [-0.1, -0.05) is 0 Å². The van der Waals surface area contributed by atoms with Gasteiger partial charge in [-0.3, -0.25) is 4.98 Å². The lowest BCUT2D eigenvalue weighted by molar-refractivity contribution is 0.158. The molecule has 27 heavy (non-hydrogen) atoms. The number of aromatic amines is 2. The van der Waals surface area contributed by atoms with Gasteiger partial charge in [-0.05, 0) is 25.8 Å². The van der Waals surface area contributed by atoms with Crippen molar-refractivity contribution in [3.8, 4) is 5.88 Å². The van der Waals surface area contributed by atoms with Crippen molar-refractivity contribution < 1.29 is 9.84 Å². The van der Waals surface area contributed by atoms with Gasteiger partial charge in [-0.25, -0.2) is 9.79 Å². The molecule has 0 radical (unpaired) electrons. The maximum atomic E-state index is 11.3. The van der Waals surface area contributed by atoms with E-state index in [2.05, 4.69) is 35.3 Å². The first-order valence-corrected chi connectivity index (χ1v) is 8.78. The first-order valence-electron chi connectivity index (χ1n) is 8.78. The topological polar surface area (TPSA) is 146 Å². The van der Waals surface area contributed by atoms with E-state index in [4.69, 9.17) is 4.74 Å². The van der Waals surface area contributed by atoms with Gasteiger partial charge >= 0.3 is 5.69 Å². The van der Waals surface area contributed by atoms with Crippen LogP contribution in [0.3, 0.4) is 0 Å². The molecule has 11 nitrogen and oxygen atoms in total. The SMILES string of the molecule is CCOCCNc1nc(=NC2CC2)n2ncc(=Cc3[nH]c(=O)[nH]c3O)c2n1. The van der Waals surface area contributed by atoms with Crippen molar-refractivity contribution in [1.82, 2.24) is 29.5 Å². The van der Waals surface area contributed by atoms with E-state index in [0.29, 0.717) is 42.2 Å². The van der Waals surface area contributed by atoms with Crippen LogP contribution in [-0.4, -0.2) is 60.5 Å². The molecule has 4 N–H and O–H groups in total. The first kappa shape index (κ1) is 17.2. The van der Waals surface area contributed by atoms with Gasteiger partial charge in [0.1, 0.15) is 5.69 Å². The summed E-state index contributed by atoms with van der Waals surface area (Å²) in [5, 5.41) is 17.8. The van der Waals surface area contributed by atoms with E-state index in [1.807, 2.05) is 6.92 Å². The monoisotopic (exact) mass is 372 g/mol. The van der Waals surface area contributed by atoms with E-state index in [-0.39, 0.29) is 17.6 Å². The predicted octanol–water partition coefficient (Wildman–Crippen LogP) is -1.09. The van der Waals surface area contributed by atoms with Gasteiger partial charge in [0.05, 0.1) is 18.8 Å². The number of imidazole rings is 1. The van der Waals surface area contributed by atoms with Crippen LogP contribution in [0.15, 0.2) is 16.0 Å². The van der Waals surface area contributed by atoms with Crippen molar-refractivity contribution in [3.63, 3.8) is 0 Å². The zero-order chi connectivity index (χ0) is 18.8. The van der Waals surface area contributed by atoms with Gasteiger partial charge in [0, 0.05) is 18.4 Å². The van der Waals surface area contributed by atoms with Crippen LogP contribution in [0.5, 0.6) is 5.88 Å². The smallest absolute Gasteiger partial charge is 0.326 e. The van der Waals surface area contributed by atoms with Crippen molar-refractivity contribution in [2.24, 2.45) is 4.99 Å². The maximum Gasteiger partial charge on any atom is 0.326 e. The summed E-state index contributed by atoms with van der Waals surface area (Å²) in [7, 11) is 0. The van der Waals surface area contributed by atoms with Crippen molar-refractivity contribution in [2.45, 2.75) is 25.8 Å². The standard InChI is InChI=1S/C16H20N8O3/c1-2-27-6-5-17-14-21-12-9(7-11-13(25)22-16(26)20-11)8-18-24(12)15(23-14)19-10-3-4-10/h7-8,10,25H,2-6H2,1H3,(H,17,19,23)(H2,20,22,26). The van der Waals surface area contributed by atoms with E-state index in [1.165, 1.54) is 0 Å². The highest BCUT2D eigenvalue weighted by atomic mass is 16.5. The van der Waals surface area contributed by atoms with E-state index < -0.39 is 5.69 Å². The molecular formula is C16H20N8O3. The van der Waals surface area contributed by atoms with Gasteiger partial charge in [0.2, 0.25) is 11.8 Å². The van der Waals surface area contributed by atoms with Gasteiger partial charge in [-0.15, -0.1) is 0 Å². The normalized spacial score (nSPS) is 15.7. The Hall–Kier alpha value is -3.21. The Morgan fingerprint density at radius 3 is 3.00 bits per heavy atom. The second kappa shape index (κ2) is 7.19. The number of hydrogen-bond acceptors (Lipinski definition) is 8. The molecule has 1 aliphatic carbocycles. The Bertz CT molecular complexity index is 1120. The number of nitrogens with zero attached hydrogens (tertiary/aromatic N) is 5. The highest BCUT2D eigenvalue weighted by Gasteiger charge is 2.20. The average Bonchev–Trinajstić information content (AvgIpc) is 3.28. The molecule has 0 atom stereocenters. The predicted molar refractivity (Wildman–Crippen MR) is 96.2 cm³/mol. The second-order valence-electron chi connectivity index (χ2n) is 6.15. The summed E-state index contributed by atoms with van der Waals surface area (Å²) < 4.78 is 6.88. The van der Waals surface area contributed by atoms with Gasteiger partial charge in [-0.2, -0.15) is 19.6 Å². The fraction of sp³-hybridized carbons (Fsp3) is 0.438. The molecule has 3 heterocycles. The lowest BCUT2D eigenvalue weighted by Gasteiger charge is -2.05. The summed E-state index contributed by atoms with van der Waals surface area (Å²) in [6, 6.07) is 0.265. The van der Waals surface area contributed by atoms with Crippen molar-refractivity contribution in [2.75, 3.05) is 25.1 Å². The molecule has 0 bridgehead atoms. The largest absolute Gasteiger partial charge is 0.493 e. The molecule has 0 aliphatic heterocycles. The Balaban J connectivity index is 1.79. The number of hydrogen-bond donors (Lipinski definition) is 4. The molecule has 0 unspecified atom stereocenters. The fourth-order valence-electron chi connectivity index (χ4n) is 2.54. The fourth-order valence-corrected chi connectivity index (χ4v) is 2.54. The molecular weight excluding hydrogens is 352 g/mol. The van der Waals surface area contributed by atoms with Crippen LogP contribution in [0, 0.1) is 0 Å². The van der Waals surface area contributed by atoms with E-state index in [9.17, 15) is 9.90 Å². The van der Waals surface area contributed by atoms with Crippen LogP contribution >= 0.6 is 0 Å². The highest BCUT2D eigenvalue weighted by molar-refractivity contribution is 5.57. The molecule has 1 saturated carbocycles. The quantitative estimate of drug-likeness (QED) is 0.385. The zero-order valence-electron chi connectivity index (χ0n) is 14.8. The third-order valence-electron chi connectivity index (χ3n) is 3.99. The Kier molecular flexibility index (Phi) is 4.59. The number of aromatic hydroxyl groups is 1. The summed E-state index contributed by atoms with van der Waals surface area (Å²) in [6.45, 7) is 3.68. The zero-order valence-corrected chi connectivity index (χ0v) is 14.8. The van der Waals surface area contributed by atoms with E-state index in [0.717, 1.165) is 12.8 Å². The number of fused-ring (bicyclic) bond motifs is 1. The number of H-pyrrole nitrogens is 2. The summed E-state index contributed by atoms with van der Waals surface area (Å²) in [5.41, 5.74) is 0.741. The molecule has 0 saturated heterocycles. The lowest BCUT2D eigenvalue weighted by atomic mass is 10.3. The minimum absolute atomic E-state index is 0.244. The third kappa shape index (κ3) is 3.82. The summed E-state index contributed by atoms with van der Waals surface area (Å²) >= 11 is 0. The molecule has 11 heteroatoms.